The van der Waals surface area contributed by atoms with Crippen molar-refractivity contribution in [1.82, 2.24) is 25.4 Å². The molecule has 0 spiro atoms. The number of imide groups is 1. The maximum Gasteiger partial charge on any atom is 0.249 e. The lowest BCUT2D eigenvalue weighted by molar-refractivity contribution is -0.134. The Morgan fingerprint density at radius 2 is 1.69 bits per heavy atom. The number of hydrogen-bond acceptors (Lipinski definition) is 11. The van der Waals surface area contributed by atoms with Gasteiger partial charge in [-0.1, -0.05) is 42.5 Å². The lowest BCUT2D eigenvalue weighted by Crippen LogP contribution is -2.49. The molecule has 8 rings (SSSR count). The molecule has 5 heterocycles. The van der Waals surface area contributed by atoms with Crippen molar-refractivity contribution in [2.75, 3.05) is 67.9 Å². The quantitative estimate of drug-likeness (QED) is 0.0898. The molecule has 330 valence electrons. The summed E-state index contributed by atoms with van der Waals surface area (Å²) in [5.74, 6) is -0.149. The second-order valence-electron chi connectivity index (χ2n) is 16.6. The predicted octanol–water partition coefficient (Wildman–Crippen LogP) is 6.15. The van der Waals surface area contributed by atoms with Gasteiger partial charge in [-0.05, 0) is 97.3 Å². The normalized spacial score (nSPS) is 17.7. The number of nitrogens with zero attached hydrogens (tertiary/aromatic N) is 5. The molecule has 4 N–H and O–H groups in total. The number of halogens is 1. The van der Waals surface area contributed by atoms with E-state index in [1.165, 1.54) is 6.07 Å². The Morgan fingerprint density at radius 3 is 2.39 bits per heavy atom. The van der Waals surface area contributed by atoms with Gasteiger partial charge in [0.25, 0.3) is 0 Å². The average Bonchev–Trinajstić information content (AvgIpc) is 3.78. The first-order valence-electron chi connectivity index (χ1n) is 22.0. The van der Waals surface area contributed by atoms with E-state index < -0.39 is 12.1 Å². The second kappa shape index (κ2) is 20.8. The van der Waals surface area contributed by atoms with Crippen molar-refractivity contribution in [3.8, 4) is 16.5 Å². The molecule has 5 aromatic rings. The minimum Gasteiger partial charge on any atom is -0.374 e. The summed E-state index contributed by atoms with van der Waals surface area (Å²) >= 11 is 1.58. The van der Waals surface area contributed by atoms with Crippen LogP contribution in [0.5, 0.6) is 0 Å². The number of rotatable bonds is 15. The van der Waals surface area contributed by atoms with Crippen LogP contribution in [0.25, 0.3) is 10.4 Å². The number of nitrogens with one attached hydrogen (secondary N) is 4. The third-order valence-corrected chi connectivity index (χ3v) is 13.4. The number of anilines is 3. The molecule has 3 fully saturated rings. The first-order chi connectivity index (χ1) is 31.2. The van der Waals surface area contributed by atoms with Gasteiger partial charge < -0.3 is 25.8 Å². The van der Waals surface area contributed by atoms with Gasteiger partial charge >= 0.3 is 0 Å². The number of amides is 4. The van der Waals surface area contributed by atoms with Gasteiger partial charge in [0.2, 0.25) is 23.6 Å². The summed E-state index contributed by atoms with van der Waals surface area (Å²) in [6.07, 6.45) is 5.33. The molecule has 0 aliphatic carbocycles. The topological polar surface area (TPSA) is 163 Å². The van der Waals surface area contributed by atoms with Crippen molar-refractivity contribution in [2.45, 2.75) is 50.6 Å². The van der Waals surface area contributed by atoms with E-state index in [9.17, 15) is 19.2 Å². The third kappa shape index (κ3) is 11.4. The Kier molecular flexibility index (Phi) is 14.4. The highest BCUT2D eigenvalue weighted by molar-refractivity contribution is 7.15. The molecule has 13 nitrogen and oxygen atoms in total. The Hall–Kier alpha value is -6.47. The van der Waals surface area contributed by atoms with E-state index in [4.69, 9.17) is 5.26 Å². The fraction of sp³-hybridized carbons (Fsp3) is 0.347. The number of benzene rings is 3. The van der Waals surface area contributed by atoms with Gasteiger partial charge in [0.15, 0.2) is 0 Å². The number of hydrogen-bond donors (Lipinski definition) is 4. The molecule has 0 saturated carbocycles. The van der Waals surface area contributed by atoms with Crippen LogP contribution in [-0.4, -0.2) is 96.8 Å². The van der Waals surface area contributed by atoms with E-state index in [1.807, 2.05) is 65.6 Å². The average molecular weight is 882 g/mol. The van der Waals surface area contributed by atoms with Crippen molar-refractivity contribution in [3.05, 3.63) is 131 Å². The van der Waals surface area contributed by atoms with Crippen LogP contribution >= 0.6 is 11.3 Å². The molecular weight excluding hydrogens is 830 g/mol. The molecule has 3 saturated heterocycles. The zero-order chi connectivity index (χ0) is 44.4. The van der Waals surface area contributed by atoms with Crippen LogP contribution in [0.4, 0.5) is 21.6 Å². The highest BCUT2D eigenvalue weighted by Gasteiger charge is 2.29. The number of piperazine rings is 1. The van der Waals surface area contributed by atoms with E-state index in [1.54, 1.807) is 47.9 Å². The number of nitriles is 1. The van der Waals surface area contributed by atoms with E-state index in [0.717, 1.165) is 72.0 Å². The number of carbonyl (C=O) groups excluding carboxylic acids is 4. The molecule has 64 heavy (non-hydrogen) atoms. The smallest absolute Gasteiger partial charge is 0.249 e. The summed E-state index contributed by atoms with van der Waals surface area (Å²) in [5.41, 5.74) is 4.50. The summed E-state index contributed by atoms with van der Waals surface area (Å²) in [5, 5.41) is 20.8. The molecule has 2 unspecified atom stereocenters. The van der Waals surface area contributed by atoms with Crippen LogP contribution in [-0.2, 0) is 32.0 Å². The Bertz CT molecular complexity index is 2460. The lowest BCUT2D eigenvalue weighted by atomic mass is 9.95. The standard InChI is InChI=1S/C49H52FN9O4S/c50-40-28-38(54-41-13-17-45(60)56-48(41)62)11-14-42(40)58-26-24-57(25-27-58)32-35-19-22-59(23-20-35)46(61)29-39-12-15-43(64-39)37-10-16-44(53-31-37)55-49(63)47(36-4-2-1-3-5-36)52-21-18-33-6-8-34(30-51)9-7-33/h1-12,14-16,28,31,35,41,47,52,54H,13,17-27,29,32H2,(H,53,55,63)(H,56,60,62). The first-order valence-corrected chi connectivity index (χ1v) is 22.8. The zero-order valence-electron chi connectivity index (χ0n) is 35.6. The van der Waals surface area contributed by atoms with Crippen molar-refractivity contribution in [2.24, 2.45) is 5.92 Å². The fourth-order valence-electron chi connectivity index (χ4n) is 8.60. The van der Waals surface area contributed by atoms with Gasteiger partial charge in [-0.3, -0.25) is 29.4 Å². The number of piperidine rings is 2. The maximum absolute atomic E-state index is 15.2. The molecule has 2 atom stereocenters. The number of pyridine rings is 1. The predicted molar refractivity (Wildman–Crippen MR) is 246 cm³/mol. The van der Waals surface area contributed by atoms with Gasteiger partial charge in [-0.15, -0.1) is 11.3 Å². The molecule has 2 aromatic heterocycles. The van der Waals surface area contributed by atoms with Gasteiger partial charge in [0.05, 0.1) is 23.7 Å². The van der Waals surface area contributed by atoms with Crippen LogP contribution in [0.3, 0.4) is 0 Å². The van der Waals surface area contributed by atoms with Crippen LogP contribution < -0.4 is 26.2 Å². The number of carbonyl (C=O) groups is 4. The van der Waals surface area contributed by atoms with Gasteiger partial charge in [0, 0.05) is 86.0 Å². The number of thiophene rings is 1. The van der Waals surface area contributed by atoms with Gasteiger partial charge in [0.1, 0.15) is 23.7 Å². The maximum atomic E-state index is 15.2. The van der Waals surface area contributed by atoms with Crippen molar-refractivity contribution < 1.29 is 23.6 Å². The molecule has 3 aromatic carbocycles. The van der Waals surface area contributed by atoms with E-state index in [-0.39, 0.29) is 35.9 Å². The molecule has 4 amide bonds. The minimum absolute atomic E-state index is 0.135. The number of likely N-dealkylation sites (tertiary alicyclic amines) is 1. The van der Waals surface area contributed by atoms with E-state index in [0.29, 0.717) is 67.6 Å². The summed E-state index contributed by atoms with van der Waals surface area (Å²) in [6, 6.07) is 30.7. The lowest BCUT2D eigenvalue weighted by Gasteiger charge is -2.39. The third-order valence-electron chi connectivity index (χ3n) is 12.3. The summed E-state index contributed by atoms with van der Waals surface area (Å²) in [6.45, 7) is 6.08. The molecule has 3 aliphatic heterocycles. The summed E-state index contributed by atoms with van der Waals surface area (Å²) < 4.78 is 15.2. The minimum atomic E-state index is -0.587. The largest absolute Gasteiger partial charge is 0.374 e. The second-order valence-corrected chi connectivity index (χ2v) is 17.8. The Balaban J connectivity index is 0.758. The molecule has 15 heteroatoms. The SMILES string of the molecule is N#Cc1ccc(CCNC(C(=O)Nc2ccc(-c3ccc(CC(=O)N4CCC(CN5CCN(c6ccc(NC7CCC(=O)NC7=O)cc6F)CC5)CC4)s3)cn2)c2ccccc2)cc1. The van der Waals surface area contributed by atoms with Crippen LogP contribution in [0.2, 0.25) is 0 Å². The van der Waals surface area contributed by atoms with Gasteiger partial charge in [-0.25, -0.2) is 9.37 Å². The van der Waals surface area contributed by atoms with E-state index in [2.05, 4.69) is 42.1 Å². The molecule has 0 radical (unpaired) electrons. The monoisotopic (exact) mass is 881 g/mol. The van der Waals surface area contributed by atoms with Crippen molar-refractivity contribution in [1.29, 1.82) is 5.26 Å². The Morgan fingerprint density at radius 1 is 0.906 bits per heavy atom. The summed E-state index contributed by atoms with van der Waals surface area (Å²) in [7, 11) is 0. The van der Waals surface area contributed by atoms with Crippen molar-refractivity contribution in [3.63, 3.8) is 0 Å². The summed E-state index contributed by atoms with van der Waals surface area (Å²) in [4.78, 5) is 63.6. The molecule has 3 aliphatic rings. The first kappa shape index (κ1) is 44.1. The number of aromatic nitrogens is 1. The van der Waals surface area contributed by atoms with E-state index >= 15 is 4.39 Å². The fourth-order valence-corrected chi connectivity index (χ4v) is 9.59. The Labute approximate surface area is 376 Å². The molecular formula is C49H52FN9O4S. The van der Waals surface area contributed by atoms with Crippen LogP contribution in [0.15, 0.2) is 103 Å². The van der Waals surface area contributed by atoms with Gasteiger partial charge in [-0.2, -0.15) is 5.26 Å². The van der Waals surface area contributed by atoms with Crippen LogP contribution in [0.1, 0.15) is 53.3 Å². The highest BCUT2D eigenvalue weighted by Crippen LogP contribution is 2.30. The van der Waals surface area contributed by atoms with Crippen LogP contribution in [0, 0.1) is 23.1 Å². The zero-order valence-corrected chi connectivity index (χ0v) is 36.4. The van der Waals surface area contributed by atoms with Crippen molar-refractivity contribution >= 4 is 52.2 Å². The molecule has 0 bridgehead atoms. The highest BCUT2D eigenvalue weighted by atomic mass is 32.1.